The van der Waals surface area contributed by atoms with E-state index in [1.54, 1.807) is 70.4 Å². The number of methoxy groups -OCH3 is 1. The van der Waals surface area contributed by atoms with Crippen molar-refractivity contribution in [2.24, 2.45) is 0 Å². The fraction of sp³-hybridized carbons (Fsp3) is 0.114. The van der Waals surface area contributed by atoms with Crippen LogP contribution < -0.4 is 18.9 Å². The van der Waals surface area contributed by atoms with Crippen LogP contribution in [0.1, 0.15) is 20.8 Å². The largest absolute Gasteiger partial charge is 0.497 e. The van der Waals surface area contributed by atoms with Gasteiger partial charge in [0.25, 0.3) is 6.47 Å². The quantitative estimate of drug-likeness (QED) is 0.0852. The van der Waals surface area contributed by atoms with Crippen molar-refractivity contribution in [1.82, 2.24) is 0 Å². The molecule has 42 heavy (non-hydrogen) atoms. The number of benzene rings is 4. The molecule has 0 atom stereocenters. The SMILES string of the molecule is C=C(C)C(=O)Oc1ccc(-c2ccc(-c3ccc(-c4ccc(OC)cc4)c(OC=O)c3)cc2OC(=O)/C(C)=C/C)cc1. The normalized spacial score (nSPS) is 10.9. The minimum atomic E-state index is -0.514. The number of hydrogen-bond acceptors (Lipinski definition) is 7. The van der Waals surface area contributed by atoms with Crippen molar-refractivity contribution in [3.8, 4) is 56.4 Å². The first-order chi connectivity index (χ1) is 20.2. The molecule has 0 spiro atoms. The molecule has 0 aliphatic rings. The summed E-state index contributed by atoms with van der Waals surface area (Å²) in [4.78, 5) is 36.0. The summed E-state index contributed by atoms with van der Waals surface area (Å²) in [6.45, 7) is 9.00. The Bertz CT molecular complexity index is 1660. The van der Waals surface area contributed by atoms with Crippen molar-refractivity contribution in [1.29, 1.82) is 0 Å². The van der Waals surface area contributed by atoms with Gasteiger partial charge in [-0.25, -0.2) is 9.59 Å². The highest BCUT2D eigenvalue weighted by Gasteiger charge is 2.16. The van der Waals surface area contributed by atoms with Crippen LogP contribution in [0.2, 0.25) is 0 Å². The molecule has 0 aromatic heterocycles. The highest BCUT2D eigenvalue weighted by Crippen LogP contribution is 2.39. The minimum Gasteiger partial charge on any atom is -0.497 e. The van der Waals surface area contributed by atoms with Crippen LogP contribution in [0.5, 0.6) is 23.0 Å². The van der Waals surface area contributed by atoms with Gasteiger partial charge in [0, 0.05) is 22.3 Å². The van der Waals surface area contributed by atoms with Gasteiger partial charge < -0.3 is 18.9 Å². The Morgan fingerprint density at radius 3 is 1.67 bits per heavy atom. The van der Waals surface area contributed by atoms with Gasteiger partial charge in [0.15, 0.2) is 0 Å². The fourth-order valence-electron chi connectivity index (χ4n) is 4.08. The maximum Gasteiger partial charge on any atom is 0.338 e. The van der Waals surface area contributed by atoms with Crippen molar-refractivity contribution < 1.29 is 33.3 Å². The fourth-order valence-corrected chi connectivity index (χ4v) is 4.08. The first-order valence-corrected chi connectivity index (χ1v) is 13.1. The maximum absolute atomic E-state index is 12.8. The maximum atomic E-state index is 12.8. The van der Waals surface area contributed by atoms with E-state index in [2.05, 4.69) is 6.58 Å². The summed E-state index contributed by atoms with van der Waals surface area (Å²) < 4.78 is 21.7. The Morgan fingerprint density at radius 1 is 0.667 bits per heavy atom. The molecule has 0 amide bonds. The first-order valence-electron chi connectivity index (χ1n) is 13.1. The van der Waals surface area contributed by atoms with E-state index in [1.165, 1.54) is 0 Å². The van der Waals surface area contributed by atoms with Crippen LogP contribution >= 0.6 is 0 Å². The predicted molar refractivity (Wildman–Crippen MR) is 162 cm³/mol. The molecule has 7 nitrogen and oxygen atoms in total. The van der Waals surface area contributed by atoms with E-state index in [1.807, 2.05) is 48.5 Å². The van der Waals surface area contributed by atoms with Gasteiger partial charge in [-0.1, -0.05) is 61.2 Å². The molecule has 4 aromatic carbocycles. The van der Waals surface area contributed by atoms with Crippen LogP contribution in [0.3, 0.4) is 0 Å². The van der Waals surface area contributed by atoms with E-state index in [0.29, 0.717) is 46.2 Å². The number of esters is 2. The molecule has 0 aliphatic heterocycles. The summed E-state index contributed by atoms with van der Waals surface area (Å²) in [5, 5.41) is 0. The second-order valence-corrected chi connectivity index (χ2v) is 9.42. The molecule has 0 fully saturated rings. The minimum absolute atomic E-state index is 0.293. The standard InChI is InChI=1S/C35H30O7/c1-6-23(4)35(38)42-33-20-27(12-18-31(33)25-9-15-29(16-10-25)41-34(37)22(2)3)26-11-17-30(32(19-26)40-21-36)24-7-13-28(39-5)14-8-24/h6-21H,2H2,1,3-5H3/b23-6+. The van der Waals surface area contributed by atoms with E-state index in [9.17, 15) is 14.4 Å². The average Bonchev–Trinajstić information content (AvgIpc) is 3.01. The molecular formula is C35H30O7. The number of carbonyl (C=O) groups is 3. The average molecular weight is 563 g/mol. The Morgan fingerprint density at radius 2 is 1.17 bits per heavy atom. The van der Waals surface area contributed by atoms with Crippen LogP contribution in [0.25, 0.3) is 33.4 Å². The van der Waals surface area contributed by atoms with Crippen LogP contribution in [0, 0.1) is 0 Å². The van der Waals surface area contributed by atoms with Gasteiger partial charge in [0.1, 0.15) is 23.0 Å². The molecule has 212 valence electrons. The van der Waals surface area contributed by atoms with E-state index in [4.69, 9.17) is 18.9 Å². The molecule has 0 N–H and O–H groups in total. The van der Waals surface area contributed by atoms with E-state index >= 15 is 0 Å². The molecule has 0 saturated heterocycles. The number of hydrogen-bond donors (Lipinski definition) is 0. The monoisotopic (exact) mass is 562 g/mol. The van der Waals surface area contributed by atoms with Crippen molar-refractivity contribution in [3.05, 3.63) is 109 Å². The Balaban J connectivity index is 1.74. The summed E-state index contributed by atoms with van der Waals surface area (Å²) in [5.41, 5.74) is 5.23. The molecule has 4 aromatic rings. The van der Waals surface area contributed by atoms with Crippen molar-refractivity contribution in [3.63, 3.8) is 0 Å². The zero-order valence-electron chi connectivity index (χ0n) is 23.8. The lowest BCUT2D eigenvalue weighted by molar-refractivity contribution is -0.131. The van der Waals surface area contributed by atoms with E-state index < -0.39 is 11.9 Å². The second kappa shape index (κ2) is 13.3. The van der Waals surface area contributed by atoms with E-state index in [0.717, 1.165) is 27.8 Å². The highest BCUT2D eigenvalue weighted by molar-refractivity contribution is 5.92. The summed E-state index contributed by atoms with van der Waals surface area (Å²) in [6, 6.07) is 25.3. The van der Waals surface area contributed by atoms with Gasteiger partial charge in [0.05, 0.1) is 7.11 Å². The van der Waals surface area contributed by atoms with E-state index in [-0.39, 0.29) is 0 Å². The van der Waals surface area contributed by atoms with Crippen molar-refractivity contribution in [2.75, 3.05) is 7.11 Å². The van der Waals surface area contributed by atoms with Crippen LogP contribution in [0.15, 0.2) is 109 Å². The topological polar surface area (TPSA) is 88.1 Å². The lowest BCUT2D eigenvalue weighted by atomic mass is 9.96. The first kappa shape index (κ1) is 29.6. The van der Waals surface area contributed by atoms with Gasteiger partial charge in [-0.2, -0.15) is 0 Å². The third-order valence-corrected chi connectivity index (χ3v) is 6.55. The van der Waals surface area contributed by atoms with Crippen molar-refractivity contribution >= 4 is 18.4 Å². The van der Waals surface area contributed by atoms with Gasteiger partial charge in [-0.15, -0.1) is 0 Å². The molecule has 7 heteroatoms. The predicted octanol–water partition coefficient (Wildman–Crippen LogP) is 7.58. The molecule has 0 unspecified atom stereocenters. The molecule has 0 saturated carbocycles. The van der Waals surface area contributed by atoms with Crippen molar-refractivity contribution in [2.45, 2.75) is 20.8 Å². The van der Waals surface area contributed by atoms with Gasteiger partial charge in [0.2, 0.25) is 0 Å². The van der Waals surface area contributed by atoms with Crippen LogP contribution in [-0.4, -0.2) is 25.5 Å². The van der Waals surface area contributed by atoms with Crippen LogP contribution in [-0.2, 0) is 14.4 Å². The Kier molecular flexibility index (Phi) is 9.35. The lowest BCUT2D eigenvalue weighted by Gasteiger charge is -2.15. The molecule has 0 heterocycles. The second-order valence-electron chi connectivity index (χ2n) is 9.42. The third-order valence-electron chi connectivity index (χ3n) is 6.55. The zero-order valence-corrected chi connectivity index (χ0v) is 23.8. The molecule has 0 bridgehead atoms. The number of carbonyl (C=O) groups excluding carboxylic acids is 3. The van der Waals surface area contributed by atoms with Gasteiger partial charge >= 0.3 is 11.9 Å². The summed E-state index contributed by atoms with van der Waals surface area (Å²) in [5.74, 6) is 0.794. The van der Waals surface area contributed by atoms with Gasteiger partial charge in [-0.3, -0.25) is 4.79 Å². The number of allylic oxidation sites excluding steroid dienone is 1. The smallest absolute Gasteiger partial charge is 0.338 e. The van der Waals surface area contributed by atoms with Crippen LogP contribution in [0.4, 0.5) is 0 Å². The molecule has 4 rings (SSSR count). The number of ether oxygens (including phenoxy) is 4. The zero-order chi connectivity index (χ0) is 30.2. The lowest BCUT2D eigenvalue weighted by Crippen LogP contribution is -2.10. The highest BCUT2D eigenvalue weighted by atomic mass is 16.5. The third kappa shape index (κ3) is 6.82. The summed E-state index contributed by atoms with van der Waals surface area (Å²) in [7, 11) is 1.60. The summed E-state index contributed by atoms with van der Waals surface area (Å²) in [6.07, 6.45) is 1.68. The molecular weight excluding hydrogens is 532 g/mol. The van der Waals surface area contributed by atoms with Gasteiger partial charge in [-0.05, 0) is 79.4 Å². The Hall–Kier alpha value is -5.43. The molecule has 0 radical (unpaired) electrons. The summed E-state index contributed by atoms with van der Waals surface area (Å²) >= 11 is 0. The molecule has 0 aliphatic carbocycles. The number of rotatable bonds is 10. The Labute approximate surface area is 244 Å².